The molecule has 0 atom stereocenters. The van der Waals surface area contributed by atoms with E-state index < -0.39 is 0 Å². The molecule has 3 heterocycles. The molecule has 1 amide bonds. The average Bonchev–Trinajstić information content (AvgIpc) is 2.80. The fourth-order valence-electron chi connectivity index (χ4n) is 2.20. The minimum atomic E-state index is -0.0897. The van der Waals surface area contributed by atoms with Gasteiger partial charge in [-0.2, -0.15) is 0 Å². The van der Waals surface area contributed by atoms with Gasteiger partial charge < -0.3 is 15.0 Å². The number of aryl methyl sites for hydroxylation is 1. The summed E-state index contributed by atoms with van der Waals surface area (Å²) < 4.78 is 5.57. The Morgan fingerprint density at radius 3 is 3.20 bits per heavy atom. The van der Waals surface area contributed by atoms with E-state index in [1.807, 2.05) is 12.1 Å². The minimum Gasteiger partial charge on any atom is -0.492 e. The lowest BCUT2D eigenvalue weighted by molar-refractivity contribution is 0.0951. The van der Waals surface area contributed by atoms with Gasteiger partial charge in [-0.25, -0.2) is 4.98 Å². The van der Waals surface area contributed by atoms with Crippen molar-refractivity contribution in [2.45, 2.75) is 19.3 Å². The number of carbonyl (C=O) groups excluding carboxylic acids is 1. The molecule has 3 rings (SSSR count). The summed E-state index contributed by atoms with van der Waals surface area (Å²) in [5, 5.41) is 2.84. The molecule has 1 aliphatic heterocycles. The monoisotopic (exact) mass is 272 g/mol. The first kappa shape index (κ1) is 12.7. The van der Waals surface area contributed by atoms with Crippen LogP contribution in [0.4, 0.5) is 0 Å². The van der Waals surface area contributed by atoms with E-state index in [4.69, 9.17) is 4.74 Å². The topological polar surface area (TPSA) is 79.9 Å². The van der Waals surface area contributed by atoms with Crippen LogP contribution in [0.3, 0.4) is 0 Å². The van der Waals surface area contributed by atoms with Crippen molar-refractivity contribution >= 4 is 5.91 Å². The summed E-state index contributed by atoms with van der Waals surface area (Å²) in [7, 11) is 0. The Labute approximate surface area is 116 Å². The van der Waals surface area contributed by atoms with Gasteiger partial charge in [-0.05, 0) is 25.0 Å². The van der Waals surface area contributed by atoms with E-state index in [2.05, 4.69) is 20.3 Å². The van der Waals surface area contributed by atoms with Crippen LogP contribution in [-0.4, -0.2) is 34.0 Å². The number of nitrogens with zero attached hydrogens (tertiary/aromatic N) is 2. The van der Waals surface area contributed by atoms with Crippen molar-refractivity contribution in [1.82, 2.24) is 20.3 Å². The van der Waals surface area contributed by atoms with E-state index in [1.165, 1.54) is 0 Å². The largest absolute Gasteiger partial charge is 0.492 e. The van der Waals surface area contributed by atoms with Gasteiger partial charge in [0.15, 0.2) is 0 Å². The summed E-state index contributed by atoms with van der Waals surface area (Å²) in [6, 6.07) is 3.69. The number of amides is 1. The number of rotatable bonds is 4. The fraction of sp³-hybridized carbons (Fsp3) is 0.357. The van der Waals surface area contributed by atoms with Crippen LogP contribution in [-0.2, 0) is 12.8 Å². The van der Waals surface area contributed by atoms with Crippen molar-refractivity contribution < 1.29 is 9.53 Å². The zero-order chi connectivity index (χ0) is 13.8. The van der Waals surface area contributed by atoms with E-state index >= 15 is 0 Å². The Kier molecular flexibility index (Phi) is 3.62. The molecule has 2 aromatic rings. The third-order valence-corrected chi connectivity index (χ3v) is 3.17. The van der Waals surface area contributed by atoms with Gasteiger partial charge in [-0.3, -0.25) is 9.78 Å². The smallest absolute Gasteiger partial charge is 0.271 e. The van der Waals surface area contributed by atoms with Crippen LogP contribution in [0.1, 0.15) is 28.4 Å². The molecule has 104 valence electrons. The summed E-state index contributed by atoms with van der Waals surface area (Å²) >= 11 is 0. The maximum atomic E-state index is 11.8. The zero-order valence-electron chi connectivity index (χ0n) is 11.1. The maximum absolute atomic E-state index is 11.8. The predicted octanol–water partition coefficient (Wildman–Crippen LogP) is 1.10. The molecule has 0 bridgehead atoms. The first-order valence-electron chi connectivity index (χ1n) is 6.72. The Hall–Kier alpha value is -2.37. The molecule has 2 N–H and O–H groups in total. The molecule has 6 nitrogen and oxygen atoms in total. The van der Waals surface area contributed by atoms with Crippen molar-refractivity contribution in [2.24, 2.45) is 0 Å². The molecular formula is C14H16N4O2. The van der Waals surface area contributed by atoms with Crippen LogP contribution in [0.5, 0.6) is 5.75 Å². The number of carbonyl (C=O) groups is 1. The number of aromatic nitrogens is 3. The van der Waals surface area contributed by atoms with E-state index in [0.717, 1.165) is 30.1 Å². The molecule has 0 spiro atoms. The summed E-state index contributed by atoms with van der Waals surface area (Å²) in [5.41, 5.74) is 1.45. The molecule has 0 saturated carbocycles. The van der Waals surface area contributed by atoms with Crippen LogP contribution in [0.25, 0.3) is 0 Å². The van der Waals surface area contributed by atoms with Crippen molar-refractivity contribution in [3.8, 4) is 5.75 Å². The molecule has 0 unspecified atom stereocenters. The van der Waals surface area contributed by atoms with Gasteiger partial charge in [-0.15, -0.1) is 0 Å². The molecule has 2 aromatic heterocycles. The Morgan fingerprint density at radius 2 is 2.35 bits per heavy atom. The van der Waals surface area contributed by atoms with Gasteiger partial charge in [0.25, 0.3) is 5.91 Å². The SMILES string of the molecule is O=C1NCCCc2[nH]c(CCOc3cccnc3)nc21. The molecule has 0 radical (unpaired) electrons. The number of hydrogen-bond acceptors (Lipinski definition) is 4. The van der Waals surface area contributed by atoms with Crippen molar-refractivity contribution in [2.75, 3.05) is 13.2 Å². The first-order valence-corrected chi connectivity index (χ1v) is 6.72. The van der Waals surface area contributed by atoms with Crippen LogP contribution < -0.4 is 10.1 Å². The van der Waals surface area contributed by atoms with Gasteiger partial charge in [0.2, 0.25) is 0 Å². The zero-order valence-corrected chi connectivity index (χ0v) is 11.1. The Balaban J connectivity index is 1.61. The normalized spacial score (nSPS) is 14.3. The van der Waals surface area contributed by atoms with Gasteiger partial charge >= 0.3 is 0 Å². The van der Waals surface area contributed by atoms with Crippen molar-refractivity contribution in [3.63, 3.8) is 0 Å². The molecule has 20 heavy (non-hydrogen) atoms. The number of imidazole rings is 1. The first-order chi connectivity index (χ1) is 9.83. The quantitative estimate of drug-likeness (QED) is 0.873. The summed E-state index contributed by atoms with van der Waals surface area (Å²) in [5.74, 6) is 1.43. The molecule has 0 aromatic carbocycles. The predicted molar refractivity (Wildman–Crippen MR) is 72.7 cm³/mol. The van der Waals surface area contributed by atoms with Crippen LogP contribution in [0.15, 0.2) is 24.5 Å². The second-order valence-corrected chi connectivity index (χ2v) is 4.66. The summed E-state index contributed by atoms with van der Waals surface area (Å²) in [4.78, 5) is 23.3. The molecule has 1 aliphatic rings. The fourth-order valence-corrected chi connectivity index (χ4v) is 2.20. The lowest BCUT2D eigenvalue weighted by Crippen LogP contribution is -2.23. The third kappa shape index (κ3) is 2.79. The van der Waals surface area contributed by atoms with Gasteiger partial charge in [-0.1, -0.05) is 0 Å². The molecule has 0 saturated heterocycles. The van der Waals surface area contributed by atoms with E-state index in [9.17, 15) is 4.79 Å². The number of hydrogen-bond donors (Lipinski definition) is 2. The van der Waals surface area contributed by atoms with E-state index in [-0.39, 0.29) is 5.91 Å². The number of pyridine rings is 1. The van der Waals surface area contributed by atoms with Crippen LogP contribution in [0, 0.1) is 0 Å². The maximum Gasteiger partial charge on any atom is 0.271 e. The Bertz CT molecular complexity index is 594. The number of nitrogens with one attached hydrogen (secondary N) is 2. The van der Waals surface area contributed by atoms with Crippen molar-refractivity contribution in [1.29, 1.82) is 0 Å². The van der Waals surface area contributed by atoms with E-state index in [1.54, 1.807) is 12.4 Å². The van der Waals surface area contributed by atoms with Crippen LogP contribution in [0.2, 0.25) is 0 Å². The highest BCUT2D eigenvalue weighted by molar-refractivity contribution is 5.93. The molecule has 0 fully saturated rings. The average molecular weight is 272 g/mol. The highest BCUT2D eigenvalue weighted by Crippen LogP contribution is 2.13. The number of aromatic amines is 1. The second-order valence-electron chi connectivity index (χ2n) is 4.66. The molecule has 0 aliphatic carbocycles. The standard InChI is InChI=1S/C14H16N4O2/c19-14-13-11(4-2-7-16-14)17-12(18-13)5-8-20-10-3-1-6-15-9-10/h1,3,6,9H,2,4-5,7-8H2,(H,16,19)(H,17,18). The lowest BCUT2D eigenvalue weighted by atomic mass is 10.2. The highest BCUT2D eigenvalue weighted by atomic mass is 16.5. The highest BCUT2D eigenvalue weighted by Gasteiger charge is 2.19. The van der Waals surface area contributed by atoms with Gasteiger partial charge in [0.05, 0.1) is 12.8 Å². The number of fused-ring (bicyclic) bond motifs is 1. The van der Waals surface area contributed by atoms with E-state index in [0.29, 0.717) is 25.3 Å². The van der Waals surface area contributed by atoms with Crippen molar-refractivity contribution in [3.05, 3.63) is 41.7 Å². The van der Waals surface area contributed by atoms with Crippen LogP contribution >= 0.6 is 0 Å². The summed E-state index contributed by atoms with van der Waals surface area (Å²) in [6.45, 7) is 1.21. The molecular weight excluding hydrogens is 256 g/mol. The van der Waals surface area contributed by atoms with Gasteiger partial charge in [0, 0.05) is 24.9 Å². The molecule has 6 heteroatoms. The Morgan fingerprint density at radius 1 is 1.40 bits per heavy atom. The number of ether oxygens (including phenoxy) is 1. The second kappa shape index (κ2) is 5.73. The number of H-pyrrole nitrogens is 1. The minimum absolute atomic E-state index is 0.0897. The lowest BCUT2D eigenvalue weighted by Gasteiger charge is -2.03. The van der Waals surface area contributed by atoms with Gasteiger partial charge in [0.1, 0.15) is 17.3 Å². The third-order valence-electron chi connectivity index (χ3n) is 3.17. The summed E-state index contributed by atoms with van der Waals surface area (Å²) in [6.07, 6.45) is 5.80.